The van der Waals surface area contributed by atoms with E-state index in [0.29, 0.717) is 5.92 Å². The van der Waals surface area contributed by atoms with Gasteiger partial charge in [0.25, 0.3) is 0 Å². The van der Waals surface area contributed by atoms with Gasteiger partial charge in [-0.25, -0.2) is 0 Å². The number of hydrogen-bond donors (Lipinski definition) is 1. The van der Waals surface area contributed by atoms with Crippen molar-refractivity contribution in [3.05, 3.63) is 64.7 Å². The third kappa shape index (κ3) is 9.97. The lowest BCUT2D eigenvalue weighted by Crippen LogP contribution is -2.27. The molecule has 0 saturated heterocycles. The monoisotopic (exact) mass is 486 g/mol. The molecule has 4 nitrogen and oxygen atoms in total. The SMILES string of the molecule is C=O.C=O.CC.CCC(C)(O)CC(C)Cc1ccc(C(CC)(CC)c2ccc(OC)cc2)cc1C. The molecule has 35 heavy (non-hydrogen) atoms. The van der Waals surface area contributed by atoms with Gasteiger partial charge in [-0.1, -0.05) is 71.9 Å². The average Bonchev–Trinajstić information content (AvgIpc) is 2.90. The Kier molecular flexibility index (Phi) is 17.7. The summed E-state index contributed by atoms with van der Waals surface area (Å²) in [7, 11) is 1.71. The second-order valence-electron chi connectivity index (χ2n) is 9.02. The zero-order valence-corrected chi connectivity index (χ0v) is 23.7. The van der Waals surface area contributed by atoms with Crippen molar-refractivity contribution >= 4 is 13.6 Å². The fourth-order valence-corrected chi connectivity index (χ4v) is 4.71. The van der Waals surface area contributed by atoms with Crippen LogP contribution in [0, 0.1) is 12.8 Å². The van der Waals surface area contributed by atoms with Crippen LogP contribution in [0.5, 0.6) is 5.75 Å². The molecule has 0 spiro atoms. The first-order valence-electron chi connectivity index (χ1n) is 12.8. The Hall–Kier alpha value is -2.46. The molecular formula is C31H50O4. The number of benzene rings is 2. The lowest BCUT2D eigenvalue weighted by Gasteiger charge is -2.34. The minimum atomic E-state index is -0.568. The van der Waals surface area contributed by atoms with Gasteiger partial charge in [0.15, 0.2) is 0 Å². The van der Waals surface area contributed by atoms with Crippen LogP contribution in [0.1, 0.15) is 96.4 Å². The molecule has 2 aromatic carbocycles. The summed E-state index contributed by atoms with van der Waals surface area (Å²) in [5.74, 6) is 1.36. The molecule has 1 N–H and O–H groups in total. The lowest BCUT2D eigenvalue weighted by atomic mass is 9.70. The van der Waals surface area contributed by atoms with Crippen LogP contribution in [0.2, 0.25) is 0 Å². The molecule has 0 radical (unpaired) electrons. The first-order valence-corrected chi connectivity index (χ1v) is 12.8. The van der Waals surface area contributed by atoms with Gasteiger partial charge in [-0.15, -0.1) is 0 Å². The summed E-state index contributed by atoms with van der Waals surface area (Å²) in [4.78, 5) is 16.0. The van der Waals surface area contributed by atoms with E-state index in [2.05, 4.69) is 77.1 Å². The minimum Gasteiger partial charge on any atom is -0.497 e. The van der Waals surface area contributed by atoms with E-state index in [9.17, 15) is 5.11 Å². The van der Waals surface area contributed by atoms with E-state index < -0.39 is 5.60 Å². The molecule has 0 aliphatic carbocycles. The highest BCUT2D eigenvalue weighted by Crippen LogP contribution is 2.40. The standard InChI is InChI=1S/C27H40O2.C2H6.2CH2O/c1-8-26(6,28)19-20(4)17-22-11-12-24(18-21(22)5)27(9-2,10-3)23-13-15-25(29-7)16-14-23;3*1-2/h11-16,18,20,28H,8-10,17,19H2,1-7H3;1-2H3;2*1H2. The highest BCUT2D eigenvalue weighted by Gasteiger charge is 2.31. The van der Waals surface area contributed by atoms with Gasteiger partial charge < -0.3 is 19.4 Å². The quantitative estimate of drug-likeness (QED) is 0.378. The number of hydrogen-bond acceptors (Lipinski definition) is 4. The fourth-order valence-electron chi connectivity index (χ4n) is 4.71. The largest absolute Gasteiger partial charge is 0.497 e. The Morgan fingerprint density at radius 1 is 0.886 bits per heavy atom. The molecule has 2 aromatic rings. The third-order valence-electron chi connectivity index (χ3n) is 6.86. The minimum absolute atomic E-state index is 0.0209. The van der Waals surface area contributed by atoms with Gasteiger partial charge in [-0.2, -0.15) is 0 Å². The first-order chi connectivity index (χ1) is 16.7. The van der Waals surface area contributed by atoms with Crippen molar-refractivity contribution in [1.29, 1.82) is 0 Å². The third-order valence-corrected chi connectivity index (χ3v) is 6.86. The topological polar surface area (TPSA) is 63.6 Å². The summed E-state index contributed by atoms with van der Waals surface area (Å²) in [6.45, 7) is 21.1. The van der Waals surface area contributed by atoms with Gasteiger partial charge in [-0.3, -0.25) is 0 Å². The van der Waals surface area contributed by atoms with E-state index in [-0.39, 0.29) is 5.41 Å². The summed E-state index contributed by atoms with van der Waals surface area (Å²) in [6.07, 6.45) is 4.77. The van der Waals surface area contributed by atoms with Crippen molar-refractivity contribution in [1.82, 2.24) is 0 Å². The highest BCUT2D eigenvalue weighted by atomic mass is 16.5. The molecule has 0 saturated carbocycles. The number of aryl methyl sites for hydroxylation is 1. The van der Waals surface area contributed by atoms with Gasteiger partial charge in [-0.05, 0) is 86.3 Å². The summed E-state index contributed by atoms with van der Waals surface area (Å²) >= 11 is 0. The van der Waals surface area contributed by atoms with Crippen LogP contribution < -0.4 is 4.74 Å². The fraction of sp³-hybridized carbons (Fsp3) is 0.548. The molecule has 2 unspecified atom stereocenters. The van der Waals surface area contributed by atoms with Gasteiger partial charge in [0.05, 0.1) is 12.7 Å². The molecule has 0 heterocycles. The molecule has 2 atom stereocenters. The maximum Gasteiger partial charge on any atom is 0.118 e. The Morgan fingerprint density at radius 2 is 1.37 bits per heavy atom. The zero-order valence-electron chi connectivity index (χ0n) is 23.7. The number of ether oxygens (including phenoxy) is 1. The predicted molar refractivity (Wildman–Crippen MR) is 150 cm³/mol. The lowest BCUT2D eigenvalue weighted by molar-refractivity contribution is -0.0987. The second-order valence-corrected chi connectivity index (χ2v) is 9.02. The molecule has 0 aliphatic heterocycles. The maximum atomic E-state index is 10.4. The van der Waals surface area contributed by atoms with Gasteiger partial charge in [0.1, 0.15) is 19.3 Å². The van der Waals surface area contributed by atoms with E-state index in [0.717, 1.165) is 37.9 Å². The Bertz CT molecular complexity index is 805. The Labute approximate surface area is 215 Å². The van der Waals surface area contributed by atoms with Crippen molar-refractivity contribution in [2.24, 2.45) is 5.92 Å². The van der Waals surface area contributed by atoms with Crippen LogP contribution in [0.4, 0.5) is 0 Å². The molecule has 0 amide bonds. The molecule has 0 aliphatic rings. The summed E-state index contributed by atoms with van der Waals surface area (Å²) in [5, 5.41) is 10.4. The molecule has 0 aromatic heterocycles. The normalized spacial score (nSPS) is 12.9. The van der Waals surface area contributed by atoms with Crippen LogP contribution in [0.25, 0.3) is 0 Å². The maximum absolute atomic E-state index is 10.4. The van der Waals surface area contributed by atoms with Crippen LogP contribution in [-0.2, 0) is 21.4 Å². The molecule has 0 bridgehead atoms. The average molecular weight is 487 g/mol. The second kappa shape index (κ2) is 17.9. The van der Waals surface area contributed by atoms with E-state index in [1.54, 1.807) is 7.11 Å². The van der Waals surface area contributed by atoms with Gasteiger partial charge >= 0.3 is 0 Å². The van der Waals surface area contributed by atoms with Crippen molar-refractivity contribution < 1.29 is 19.4 Å². The van der Waals surface area contributed by atoms with Crippen LogP contribution >= 0.6 is 0 Å². The predicted octanol–water partition coefficient (Wildman–Crippen LogP) is 7.50. The molecule has 198 valence electrons. The van der Waals surface area contributed by atoms with Crippen LogP contribution in [0.15, 0.2) is 42.5 Å². The van der Waals surface area contributed by atoms with Crippen molar-refractivity contribution in [2.45, 2.75) is 98.5 Å². The molecular weight excluding hydrogens is 436 g/mol. The molecule has 4 heteroatoms. The Balaban J connectivity index is 0. The Morgan fingerprint density at radius 3 is 1.77 bits per heavy atom. The van der Waals surface area contributed by atoms with E-state index >= 15 is 0 Å². The van der Waals surface area contributed by atoms with Crippen molar-refractivity contribution in [3.63, 3.8) is 0 Å². The van der Waals surface area contributed by atoms with E-state index in [1.165, 1.54) is 22.3 Å². The smallest absolute Gasteiger partial charge is 0.118 e. The summed E-state index contributed by atoms with van der Waals surface area (Å²) < 4.78 is 5.35. The molecule has 2 rings (SSSR count). The van der Waals surface area contributed by atoms with E-state index in [1.807, 2.05) is 34.3 Å². The van der Waals surface area contributed by atoms with Crippen molar-refractivity contribution in [3.8, 4) is 5.75 Å². The first kappa shape index (κ1) is 34.7. The zero-order chi connectivity index (χ0) is 27.7. The number of rotatable bonds is 10. The van der Waals surface area contributed by atoms with Crippen molar-refractivity contribution in [2.75, 3.05) is 7.11 Å². The summed E-state index contributed by atoms with van der Waals surface area (Å²) in [5.41, 5.74) is 4.94. The number of carbonyl (C=O) groups excluding carboxylic acids is 2. The molecule has 0 fully saturated rings. The summed E-state index contributed by atoms with van der Waals surface area (Å²) in [6, 6.07) is 15.6. The van der Waals surface area contributed by atoms with Gasteiger partial charge in [0, 0.05) is 5.41 Å². The number of carbonyl (C=O) groups is 2. The van der Waals surface area contributed by atoms with Crippen LogP contribution in [0.3, 0.4) is 0 Å². The van der Waals surface area contributed by atoms with Crippen LogP contribution in [-0.4, -0.2) is 31.4 Å². The van der Waals surface area contributed by atoms with E-state index in [4.69, 9.17) is 14.3 Å². The number of methoxy groups -OCH3 is 1. The highest BCUT2D eigenvalue weighted by molar-refractivity contribution is 5.44. The number of aliphatic hydroxyl groups is 1. The van der Waals surface area contributed by atoms with Gasteiger partial charge in [0.2, 0.25) is 0 Å².